The summed E-state index contributed by atoms with van der Waals surface area (Å²) in [6.45, 7) is 5.86. The van der Waals surface area contributed by atoms with Crippen molar-refractivity contribution < 1.29 is 9.53 Å². The summed E-state index contributed by atoms with van der Waals surface area (Å²) in [7, 11) is 1.78. The Balaban J connectivity index is 1.43. The zero-order chi connectivity index (χ0) is 18.9. The van der Waals surface area contributed by atoms with Gasteiger partial charge in [0.1, 0.15) is 11.5 Å². The standard InChI is InChI=1S/C19H26N6O2/c1-24(8-4-16-2-5-20-6-3-16)19(26)17-14-23-18(15-22-17)21-7-9-25-10-12-27-13-11-25/h2-3,5-6,14-15H,4,7-13H2,1H3,(H,21,23). The van der Waals surface area contributed by atoms with Crippen LogP contribution in [-0.2, 0) is 11.2 Å². The fourth-order valence-corrected chi connectivity index (χ4v) is 2.84. The van der Waals surface area contributed by atoms with Crippen molar-refractivity contribution >= 4 is 11.7 Å². The van der Waals surface area contributed by atoms with Gasteiger partial charge in [-0.15, -0.1) is 0 Å². The van der Waals surface area contributed by atoms with Crippen molar-refractivity contribution in [2.45, 2.75) is 6.42 Å². The minimum Gasteiger partial charge on any atom is -0.379 e. The van der Waals surface area contributed by atoms with Crippen molar-refractivity contribution in [3.05, 3.63) is 48.2 Å². The third kappa shape index (κ3) is 5.97. The van der Waals surface area contributed by atoms with E-state index in [1.807, 2.05) is 12.1 Å². The van der Waals surface area contributed by atoms with E-state index in [0.717, 1.165) is 51.4 Å². The Morgan fingerprint density at radius 1 is 1.22 bits per heavy atom. The molecule has 1 aliphatic heterocycles. The number of amides is 1. The van der Waals surface area contributed by atoms with Gasteiger partial charge in [-0.05, 0) is 24.1 Å². The lowest BCUT2D eigenvalue weighted by Gasteiger charge is -2.26. The van der Waals surface area contributed by atoms with E-state index in [0.29, 0.717) is 18.1 Å². The maximum atomic E-state index is 12.5. The lowest BCUT2D eigenvalue weighted by Crippen LogP contribution is -2.39. The maximum Gasteiger partial charge on any atom is 0.273 e. The monoisotopic (exact) mass is 370 g/mol. The Bertz CT molecular complexity index is 704. The van der Waals surface area contributed by atoms with Gasteiger partial charge < -0.3 is 15.0 Å². The number of ether oxygens (including phenoxy) is 1. The number of carbonyl (C=O) groups is 1. The van der Waals surface area contributed by atoms with E-state index in [9.17, 15) is 4.79 Å². The van der Waals surface area contributed by atoms with Crippen LogP contribution in [0.4, 0.5) is 5.82 Å². The maximum absolute atomic E-state index is 12.5. The topological polar surface area (TPSA) is 83.5 Å². The number of carbonyl (C=O) groups excluding carboxylic acids is 1. The Morgan fingerprint density at radius 3 is 2.70 bits per heavy atom. The number of morpholine rings is 1. The van der Waals surface area contributed by atoms with E-state index in [2.05, 4.69) is 25.2 Å². The summed E-state index contributed by atoms with van der Waals surface area (Å²) in [5.74, 6) is 0.552. The van der Waals surface area contributed by atoms with Crippen molar-refractivity contribution in [3.63, 3.8) is 0 Å². The van der Waals surface area contributed by atoms with Crippen LogP contribution >= 0.6 is 0 Å². The highest BCUT2D eigenvalue weighted by Crippen LogP contribution is 2.06. The lowest BCUT2D eigenvalue weighted by atomic mass is 10.2. The number of nitrogens with one attached hydrogen (secondary N) is 1. The highest BCUT2D eigenvalue weighted by atomic mass is 16.5. The van der Waals surface area contributed by atoms with Crippen LogP contribution in [0.5, 0.6) is 0 Å². The Hall–Kier alpha value is -2.58. The van der Waals surface area contributed by atoms with Crippen LogP contribution in [0.15, 0.2) is 36.9 Å². The molecule has 1 aliphatic rings. The molecule has 8 nitrogen and oxygen atoms in total. The Labute approximate surface area is 159 Å². The van der Waals surface area contributed by atoms with Crippen molar-refractivity contribution in [1.82, 2.24) is 24.8 Å². The summed E-state index contributed by atoms with van der Waals surface area (Å²) >= 11 is 0. The first-order chi connectivity index (χ1) is 13.2. The van der Waals surface area contributed by atoms with E-state index < -0.39 is 0 Å². The van der Waals surface area contributed by atoms with Crippen molar-refractivity contribution in [1.29, 1.82) is 0 Å². The van der Waals surface area contributed by atoms with Gasteiger partial charge in [-0.1, -0.05) is 0 Å². The summed E-state index contributed by atoms with van der Waals surface area (Å²) in [6.07, 6.45) is 7.44. The van der Waals surface area contributed by atoms with E-state index in [-0.39, 0.29) is 5.91 Å². The molecular weight excluding hydrogens is 344 g/mol. The van der Waals surface area contributed by atoms with Gasteiger partial charge in [0.05, 0.1) is 25.6 Å². The molecule has 0 unspecified atom stereocenters. The molecule has 3 heterocycles. The second-order valence-corrected chi connectivity index (χ2v) is 6.50. The third-order valence-corrected chi connectivity index (χ3v) is 4.54. The minimum absolute atomic E-state index is 0.128. The summed E-state index contributed by atoms with van der Waals surface area (Å²) in [6, 6.07) is 3.91. The number of pyridine rings is 1. The van der Waals surface area contributed by atoms with Crippen LogP contribution < -0.4 is 5.32 Å². The van der Waals surface area contributed by atoms with Crippen LogP contribution in [0.1, 0.15) is 16.1 Å². The highest BCUT2D eigenvalue weighted by Gasteiger charge is 2.14. The molecule has 1 fully saturated rings. The second-order valence-electron chi connectivity index (χ2n) is 6.50. The molecule has 0 radical (unpaired) electrons. The smallest absolute Gasteiger partial charge is 0.273 e. The average Bonchev–Trinajstić information content (AvgIpc) is 2.73. The lowest BCUT2D eigenvalue weighted by molar-refractivity contribution is 0.0398. The molecule has 144 valence electrons. The summed E-state index contributed by atoms with van der Waals surface area (Å²) in [5, 5.41) is 3.25. The Morgan fingerprint density at radius 2 is 2.00 bits per heavy atom. The van der Waals surface area contributed by atoms with Crippen LogP contribution in [0.3, 0.4) is 0 Å². The molecule has 0 aromatic carbocycles. The Kier molecular flexibility index (Phi) is 7.06. The molecule has 0 saturated carbocycles. The summed E-state index contributed by atoms with van der Waals surface area (Å²) in [5.41, 5.74) is 1.50. The quantitative estimate of drug-likeness (QED) is 0.740. The van der Waals surface area contributed by atoms with Crippen LogP contribution in [0.25, 0.3) is 0 Å². The molecule has 0 bridgehead atoms. The largest absolute Gasteiger partial charge is 0.379 e. The average molecular weight is 370 g/mol. The molecule has 0 atom stereocenters. The van der Waals surface area contributed by atoms with Gasteiger partial charge in [-0.2, -0.15) is 0 Å². The molecule has 0 aliphatic carbocycles. The second kappa shape index (κ2) is 9.94. The minimum atomic E-state index is -0.128. The number of hydrogen-bond donors (Lipinski definition) is 1. The van der Waals surface area contributed by atoms with Crippen LogP contribution in [-0.4, -0.2) is 83.6 Å². The van der Waals surface area contributed by atoms with E-state index in [4.69, 9.17) is 4.74 Å². The van der Waals surface area contributed by atoms with Crippen LogP contribution in [0, 0.1) is 0 Å². The van der Waals surface area contributed by atoms with Gasteiger partial charge in [0.25, 0.3) is 5.91 Å². The first-order valence-corrected chi connectivity index (χ1v) is 9.23. The predicted octanol–water partition coefficient (Wildman–Crippen LogP) is 0.930. The van der Waals surface area contributed by atoms with Crippen LogP contribution in [0.2, 0.25) is 0 Å². The molecule has 8 heteroatoms. The number of hydrogen-bond acceptors (Lipinski definition) is 7. The highest BCUT2D eigenvalue weighted by molar-refractivity contribution is 5.91. The van der Waals surface area contributed by atoms with Gasteiger partial charge in [-0.3, -0.25) is 14.7 Å². The van der Waals surface area contributed by atoms with Crippen molar-refractivity contribution in [2.24, 2.45) is 0 Å². The van der Waals surface area contributed by atoms with Crippen molar-refractivity contribution in [3.8, 4) is 0 Å². The van der Waals surface area contributed by atoms with E-state index in [1.165, 1.54) is 6.20 Å². The fraction of sp³-hybridized carbons (Fsp3) is 0.474. The normalized spacial score (nSPS) is 14.7. The molecule has 27 heavy (non-hydrogen) atoms. The number of anilines is 1. The zero-order valence-electron chi connectivity index (χ0n) is 15.7. The van der Waals surface area contributed by atoms with Gasteiger partial charge in [0.2, 0.25) is 0 Å². The molecule has 3 rings (SSSR count). The summed E-state index contributed by atoms with van der Waals surface area (Å²) in [4.78, 5) is 29.0. The van der Waals surface area contributed by atoms with Gasteiger partial charge in [-0.25, -0.2) is 9.97 Å². The predicted molar refractivity (Wildman–Crippen MR) is 103 cm³/mol. The molecule has 1 amide bonds. The fourth-order valence-electron chi connectivity index (χ4n) is 2.84. The van der Waals surface area contributed by atoms with E-state index >= 15 is 0 Å². The molecule has 1 saturated heterocycles. The van der Waals surface area contributed by atoms with Gasteiger partial charge in [0.15, 0.2) is 0 Å². The first-order valence-electron chi connectivity index (χ1n) is 9.23. The van der Waals surface area contributed by atoms with Gasteiger partial charge >= 0.3 is 0 Å². The van der Waals surface area contributed by atoms with E-state index in [1.54, 1.807) is 30.5 Å². The third-order valence-electron chi connectivity index (χ3n) is 4.54. The van der Waals surface area contributed by atoms with Crippen molar-refractivity contribution in [2.75, 3.05) is 58.3 Å². The van der Waals surface area contributed by atoms with Gasteiger partial charge in [0, 0.05) is 52.2 Å². The SMILES string of the molecule is CN(CCc1ccncc1)C(=O)c1cnc(NCCN2CCOCC2)cn1. The number of nitrogens with zero attached hydrogens (tertiary/aromatic N) is 5. The number of likely N-dealkylation sites (N-methyl/N-ethyl adjacent to an activating group) is 1. The molecule has 0 spiro atoms. The molecule has 2 aromatic heterocycles. The molecular formula is C19H26N6O2. The molecule has 1 N–H and O–H groups in total. The summed E-state index contributed by atoms with van der Waals surface area (Å²) < 4.78 is 5.34. The molecule has 2 aromatic rings. The zero-order valence-corrected chi connectivity index (χ0v) is 15.7. The number of rotatable bonds is 8. The first kappa shape index (κ1) is 19.2. The number of aromatic nitrogens is 3.